The standard InChI is InChI=1S/C18H24N8O2/c1-2-7-22-8-11(27)9-28-12-5-3-10(4-6-12)13-15(19)24-17-14(23-13)16(20)25-18(21)26-17/h3-6,11,22,27H,2,7-9H2,1H3,(H6,19,20,21,24,25,26). The number of aromatic nitrogens is 4. The first-order valence-electron chi connectivity index (χ1n) is 8.96. The fraction of sp³-hybridized carbons (Fsp3) is 0.333. The summed E-state index contributed by atoms with van der Waals surface area (Å²) in [5, 5.41) is 13.0. The molecule has 3 rings (SSSR count). The van der Waals surface area contributed by atoms with Crippen LogP contribution in [0.4, 0.5) is 17.6 Å². The molecule has 0 aliphatic heterocycles. The molecule has 0 aliphatic rings. The molecule has 10 nitrogen and oxygen atoms in total. The maximum atomic E-state index is 9.90. The normalized spacial score (nSPS) is 12.2. The molecule has 0 spiro atoms. The lowest BCUT2D eigenvalue weighted by atomic mass is 10.1. The van der Waals surface area contributed by atoms with Gasteiger partial charge in [-0.15, -0.1) is 0 Å². The lowest BCUT2D eigenvalue weighted by Gasteiger charge is -2.13. The molecule has 1 unspecified atom stereocenters. The largest absolute Gasteiger partial charge is 0.491 e. The van der Waals surface area contributed by atoms with E-state index in [0.717, 1.165) is 18.5 Å². The zero-order valence-corrected chi connectivity index (χ0v) is 15.6. The van der Waals surface area contributed by atoms with Crippen LogP contribution in [0.1, 0.15) is 13.3 Å². The quantitative estimate of drug-likeness (QED) is 0.346. The SMILES string of the molecule is CCCNCC(O)COc1ccc(-c2nc3c(N)nc(N)nc3nc2N)cc1. The van der Waals surface area contributed by atoms with Gasteiger partial charge in [-0.05, 0) is 37.2 Å². The number of fused-ring (bicyclic) bond motifs is 1. The Hall–Kier alpha value is -3.24. The fourth-order valence-corrected chi connectivity index (χ4v) is 2.62. The minimum Gasteiger partial charge on any atom is -0.491 e. The summed E-state index contributed by atoms with van der Waals surface area (Å²) >= 11 is 0. The van der Waals surface area contributed by atoms with Gasteiger partial charge in [-0.1, -0.05) is 6.92 Å². The number of nitrogen functional groups attached to an aromatic ring is 3. The Bertz CT molecular complexity index is 948. The second kappa shape index (κ2) is 8.63. The summed E-state index contributed by atoms with van der Waals surface area (Å²) in [6.07, 6.45) is 0.435. The number of nitrogens with two attached hydrogens (primary N) is 3. The van der Waals surface area contributed by atoms with E-state index < -0.39 is 6.10 Å². The molecule has 0 bridgehead atoms. The van der Waals surface area contributed by atoms with E-state index in [1.807, 2.05) is 0 Å². The van der Waals surface area contributed by atoms with Crippen molar-refractivity contribution in [3.63, 3.8) is 0 Å². The molecular weight excluding hydrogens is 360 g/mol. The van der Waals surface area contributed by atoms with Crippen LogP contribution in [0, 0.1) is 0 Å². The van der Waals surface area contributed by atoms with Gasteiger partial charge in [0.15, 0.2) is 22.8 Å². The second-order valence-electron chi connectivity index (χ2n) is 6.29. The van der Waals surface area contributed by atoms with E-state index in [4.69, 9.17) is 21.9 Å². The summed E-state index contributed by atoms with van der Waals surface area (Å²) < 4.78 is 5.61. The van der Waals surface area contributed by atoms with Gasteiger partial charge in [0.1, 0.15) is 24.2 Å². The number of hydrogen-bond acceptors (Lipinski definition) is 10. The molecule has 1 aromatic carbocycles. The molecule has 0 saturated carbocycles. The molecule has 2 aromatic heterocycles. The Kier molecular flexibility index (Phi) is 6.02. The van der Waals surface area contributed by atoms with Crippen molar-refractivity contribution < 1.29 is 9.84 Å². The molecule has 0 saturated heterocycles. The predicted octanol–water partition coefficient (Wildman–Crippen LogP) is 0.573. The third-order valence-corrected chi connectivity index (χ3v) is 3.98. The molecule has 3 aromatic rings. The zero-order valence-electron chi connectivity index (χ0n) is 15.6. The smallest absolute Gasteiger partial charge is 0.224 e. The van der Waals surface area contributed by atoms with Crippen LogP contribution >= 0.6 is 0 Å². The highest BCUT2D eigenvalue weighted by Gasteiger charge is 2.13. The summed E-state index contributed by atoms with van der Waals surface area (Å²) in [5.74, 6) is 0.985. The molecule has 0 radical (unpaired) electrons. The summed E-state index contributed by atoms with van der Waals surface area (Å²) in [7, 11) is 0. The molecule has 148 valence electrons. The van der Waals surface area contributed by atoms with E-state index in [1.54, 1.807) is 24.3 Å². The summed E-state index contributed by atoms with van der Waals surface area (Å²) in [5.41, 5.74) is 19.2. The fourth-order valence-electron chi connectivity index (χ4n) is 2.62. The Morgan fingerprint density at radius 2 is 1.79 bits per heavy atom. The molecule has 1 atom stereocenters. The summed E-state index contributed by atoms with van der Waals surface area (Å²) in [4.78, 5) is 16.6. The Morgan fingerprint density at radius 1 is 1.04 bits per heavy atom. The predicted molar refractivity (Wildman–Crippen MR) is 108 cm³/mol. The molecule has 8 N–H and O–H groups in total. The van der Waals surface area contributed by atoms with Crippen molar-refractivity contribution in [2.45, 2.75) is 19.4 Å². The number of benzene rings is 1. The monoisotopic (exact) mass is 384 g/mol. The highest BCUT2D eigenvalue weighted by Crippen LogP contribution is 2.27. The molecule has 10 heteroatoms. The van der Waals surface area contributed by atoms with Crippen LogP contribution in [-0.4, -0.2) is 50.8 Å². The average molecular weight is 384 g/mol. The minimum atomic E-state index is -0.580. The highest BCUT2D eigenvalue weighted by molar-refractivity contribution is 5.87. The number of rotatable bonds is 8. The van der Waals surface area contributed by atoms with E-state index in [2.05, 4.69) is 32.2 Å². The van der Waals surface area contributed by atoms with E-state index in [0.29, 0.717) is 23.5 Å². The molecule has 0 amide bonds. The van der Waals surface area contributed by atoms with Crippen LogP contribution in [0.5, 0.6) is 5.75 Å². The molecule has 0 fully saturated rings. The van der Waals surface area contributed by atoms with Gasteiger partial charge in [0.05, 0.1) is 0 Å². The van der Waals surface area contributed by atoms with Crippen molar-refractivity contribution in [2.24, 2.45) is 0 Å². The van der Waals surface area contributed by atoms with Gasteiger partial charge in [0.2, 0.25) is 5.95 Å². The zero-order chi connectivity index (χ0) is 20.1. The summed E-state index contributed by atoms with van der Waals surface area (Å²) in [6, 6.07) is 7.15. The van der Waals surface area contributed by atoms with E-state index in [1.165, 1.54) is 0 Å². The molecular formula is C18H24N8O2. The van der Waals surface area contributed by atoms with Crippen molar-refractivity contribution in [2.75, 3.05) is 36.9 Å². The van der Waals surface area contributed by atoms with Crippen LogP contribution in [-0.2, 0) is 0 Å². The highest BCUT2D eigenvalue weighted by atomic mass is 16.5. The Labute approximate surface area is 162 Å². The lowest BCUT2D eigenvalue weighted by Crippen LogP contribution is -2.31. The van der Waals surface area contributed by atoms with Gasteiger partial charge in [-0.2, -0.15) is 9.97 Å². The van der Waals surface area contributed by atoms with Gasteiger partial charge in [0.25, 0.3) is 0 Å². The molecule has 28 heavy (non-hydrogen) atoms. The first kappa shape index (κ1) is 19.5. The van der Waals surface area contributed by atoms with Gasteiger partial charge >= 0.3 is 0 Å². The number of ether oxygens (including phenoxy) is 1. The Balaban J connectivity index is 1.73. The number of aliphatic hydroxyl groups is 1. The van der Waals surface area contributed by atoms with Gasteiger partial charge in [-0.25, -0.2) is 9.97 Å². The van der Waals surface area contributed by atoms with Crippen LogP contribution in [0.2, 0.25) is 0 Å². The minimum absolute atomic E-state index is 0.0139. The van der Waals surface area contributed by atoms with E-state index in [-0.39, 0.29) is 29.8 Å². The number of nitrogens with zero attached hydrogens (tertiary/aromatic N) is 4. The number of aliphatic hydroxyl groups excluding tert-OH is 1. The second-order valence-corrected chi connectivity index (χ2v) is 6.29. The number of nitrogens with one attached hydrogen (secondary N) is 1. The topological polar surface area (TPSA) is 171 Å². The lowest BCUT2D eigenvalue weighted by molar-refractivity contribution is 0.106. The van der Waals surface area contributed by atoms with Gasteiger partial charge < -0.3 is 32.4 Å². The number of hydrogen-bond donors (Lipinski definition) is 5. The Morgan fingerprint density at radius 3 is 2.50 bits per heavy atom. The third-order valence-electron chi connectivity index (χ3n) is 3.98. The maximum absolute atomic E-state index is 9.90. The maximum Gasteiger partial charge on any atom is 0.224 e. The van der Waals surface area contributed by atoms with Crippen LogP contribution < -0.4 is 27.3 Å². The van der Waals surface area contributed by atoms with Crippen molar-refractivity contribution >= 4 is 28.7 Å². The first-order valence-corrected chi connectivity index (χ1v) is 8.96. The van der Waals surface area contributed by atoms with Crippen molar-refractivity contribution in [1.29, 1.82) is 0 Å². The average Bonchev–Trinajstić information content (AvgIpc) is 2.66. The number of anilines is 3. The van der Waals surface area contributed by atoms with Crippen LogP contribution in [0.3, 0.4) is 0 Å². The van der Waals surface area contributed by atoms with Crippen LogP contribution in [0.25, 0.3) is 22.4 Å². The molecule has 2 heterocycles. The van der Waals surface area contributed by atoms with E-state index in [9.17, 15) is 5.11 Å². The van der Waals surface area contributed by atoms with Crippen molar-refractivity contribution in [3.8, 4) is 17.0 Å². The molecule has 0 aliphatic carbocycles. The van der Waals surface area contributed by atoms with Crippen molar-refractivity contribution in [3.05, 3.63) is 24.3 Å². The summed E-state index contributed by atoms with van der Waals surface area (Å²) in [6.45, 7) is 3.62. The first-order chi connectivity index (χ1) is 13.5. The van der Waals surface area contributed by atoms with Crippen molar-refractivity contribution in [1.82, 2.24) is 25.3 Å². The van der Waals surface area contributed by atoms with Crippen LogP contribution in [0.15, 0.2) is 24.3 Å². The van der Waals surface area contributed by atoms with Gasteiger partial charge in [-0.3, -0.25) is 0 Å². The van der Waals surface area contributed by atoms with E-state index >= 15 is 0 Å². The third kappa shape index (κ3) is 4.53. The van der Waals surface area contributed by atoms with Gasteiger partial charge in [0, 0.05) is 12.1 Å².